The number of hydrogen-bond acceptors (Lipinski definition) is 4. The lowest BCUT2D eigenvalue weighted by Gasteiger charge is -2.16. The van der Waals surface area contributed by atoms with Crippen LogP contribution in [0.3, 0.4) is 0 Å². The Labute approximate surface area is 90.1 Å². The van der Waals surface area contributed by atoms with E-state index in [1.807, 2.05) is 6.07 Å². The van der Waals surface area contributed by atoms with Gasteiger partial charge < -0.3 is 9.94 Å². The molecule has 0 saturated heterocycles. The highest BCUT2D eigenvalue weighted by atomic mass is 32.2. The minimum atomic E-state index is 0.581. The zero-order valence-electron chi connectivity index (χ0n) is 7.58. The molecule has 2 aromatic rings. The topological polar surface area (TPSA) is 49.1 Å². The molecule has 0 bridgehead atoms. The van der Waals surface area contributed by atoms with Crippen molar-refractivity contribution in [2.75, 3.05) is 0 Å². The van der Waals surface area contributed by atoms with Crippen LogP contribution in [0.4, 0.5) is 0 Å². The monoisotopic (exact) mass is 218 g/mol. The van der Waals surface area contributed by atoms with E-state index in [0.717, 1.165) is 14.7 Å². The van der Waals surface area contributed by atoms with E-state index in [1.54, 1.807) is 18.3 Å². The molecule has 5 heteroatoms. The fraction of sp³-hybridized carbons (Fsp3) is 0. The summed E-state index contributed by atoms with van der Waals surface area (Å²) in [6.45, 7) is 0. The van der Waals surface area contributed by atoms with Crippen LogP contribution >= 0.6 is 11.8 Å². The summed E-state index contributed by atoms with van der Waals surface area (Å²) in [5.41, 5.74) is 0. The zero-order chi connectivity index (χ0) is 10.3. The van der Waals surface area contributed by atoms with Gasteiger partial charge in [-0.05, 0) is 12.1 Å². The molecule has 0 spiro atoms. The van der Waals surface area contributed by atoms with Crippen LogP contribution in [0.25, 0.3) is 0 Å². The van der Waals surface area contributed by atoms with E-state index in [0.29, 0.717) is 11.5 Å². The van der Waals surface area contributed by atoms with Crippen LogP contribution in [-0.4, -0.2) is 4.98 Å². The predicted molar refractivity (Wildman–Crippen MR) is 53.8 cm³/mol. The van der Waals surface area contributed by atoms with Crippen molar-refractivity contribution in [2.24, 2.45) is 0 Å². The first kappa shape index (κ1) is 8.55. The summed E-state index contributed by atoms with van der Waals surface area (Å²) in [6, 6.07) is 5.36. The minimum Gasteiger partial charge on any atom is -0.619 e. The second-order valence-corrected chi connectivity index (χ2v) is 4.07. The van der Waals surface area contributed by atoms with Gasteiger partial charge in [0.05, 0.1) is 4.90 Å². The molecule has 2 aromatic heterocycles. The maximum absolute atomic E-state index is 11.1. The summed E-state index contributed by atoms with van der Waals surface area (Å²) in [7, 11) is 0. The maximum atomic E-state index is 11.1. The number of hydrogen-bond donors (Lipinski definition) is 0. The normalized spacial score (nSPS) is 12.5. The van der Waals surface area contributed by atoms with Gasteiger partial charge in [0.1, 0.15) is 5.03 Å². The van der Waals surface area contributed by atoms with Crippen molar-refractivity contribution < 1.29 is 9.47 Å². The highest BCUT2D eigenvalue weighted by Gasteiger charge is 2.20. The number of fused-ring (bicyclic) bond motifs is 2. The van der Waals surface area contributed by atoms with Crippen LogP contribution in [0.5, 0.6) is 11.5 Å². The van der Waals surface area contributed by atoms with Gasteiger partial charge in [-0.1, -0.05) is 11.8 Å². The zero-order valence-corrected chi connectivity index (χ0v) is 8.40. The van der Waals surface area contributed by atoms with Gasteiger partial charge in [-0.2, -0.15) is 4.73 Å². The highest BCUT2D eigenvalue weighted by Crippen LogP contribution is 2.44. The van der Waals surface area contributed by atoms with E-state index in [4.69, 9.17) is 4.74 Å². The minimum absolute atomic E-state index is 0.581. The number of nitrogens with zero attached hydrogens (tertiary/aromatic N) is 2. The Bertz CT molecular complexity index is 531. The van der Waals surface area contributed by atoms with Gasteiger partial charge in [0, 0.05) is 12.3 Å². The third kappa shape index (κ3) is 1.41. The van der Waals surface area contributed by atoms with E-state index in [-0.39, 0.29) is 0 Å². The van der Waals surface area contributed by atoms with E-state index < -0.39 is 0 Å². The van der Waals surface area contributed by atoms with E-state index in [2.05, 4.69) is 4.98 Å². The van der Waals surface area contributed by atoms with Crippen molar-refractivity contribution in [3.63, 3.8) is 0 Å². The summed E-state index contributed by atoms with van der Waals surface area (Å²) in [6.07, 6.45) is 4.58. The lowest BCUT2D eigenvalue weighted by molar-refractivity contribution is -0.606. The quantitative estimate of drug-likeness (QED) is 0.427. The third-order valence-corrected chi connectivity index (χ3v) is 3.08. The molecule has 1 aliphatic rings. The van der Waals surface area contributed by atoms with Gasteiger partial charge in [0.2, 0.25) is 11.9 Å². The Morgan fingerprint density at radius 3 is 3.20 bits per heavy atom. The molecule has 0 unspecified atom stereocenters. The number of aromatic nitrogens is 2. The average Bonchev–Trinajstić information content (AvgIpc) is 2.26. The molecule has 0 aliphatic carbocycles. The first-order chi connectivity index (χ1) is 7.33. The molecule has 0 radical (unpaired) electrons. The number of pyridine rings is 2. The van der Waals surface area contributed by atoms with Crippen molar-refractivity contribution in [3.8, 4) is 11.5 Å². The van der Waals surface area contributed by atoms with Crippen molar-refractivity contribution >= 4 is 11.8 Å². The summed E-state index contributed by atoms with van der Waals surface area (Å²) >= 11 is 1.50. The highest BCUT2D eigenvalue weighted by molar-refractivity contribution is 7.99. The molecular formula is C10H6N2O2S. The predicted octanol–water partition coefficient (Wildman–Crippen LogP) is 1.97. The van der Waals surface area contributed by atoms with Crippen LogP contribution in [0.1, 0.15) is 0 Å². The van der Waals surface area contributed by atoms with Crippen LogP contribution in [0.2, 0.25) is 0 Å². The lowest BCUT2D eigenvalue weighted by Crippen LogP contribution is -2.24. The molecule has 0 N–H and O–H groups in total. The smallest absolute Gasteiger partial charge is 0.224 e. The molecule has 74 valence electrons. The SMILES string of the molecule is [O-][n+]1ccc2c(c1)Oc1cccnc1S2. The van der Waals surface area contributed by atoms with Crippen LogP contribution in [0, 0.1) is 5.21 Å². The molecule has 3 rings (SSSR count). The Morgan fingerprint density at radius 1 is 1.33 bits per heavy atom. The van der Waals surface area contributed by atoms with Gasteiger partial charge in [-0.3, -0.25) is 0 Å². The van der Waals surface area contributed by atoms with E-state index >= 15 is 0 Å². The Hall–Kier alpha value is -1.75. The third-order valence-electron chi connectivity index (χ3n) is 2.02. The summed E-state index contributed by atoms with van der Waals surface area (Å²) in [4.78, 5) is 5.10. The van der Waals surface area contributed by atoms with Crippen LogP contribution in [0.15, 0.2) is 46.7 Å². The molecule has 4 nitrogen and oxygen atoms in total. The lowest BCUT2D eigenvalue weighted by atomic mass is 10.4. The number of rotatable bonds is 0. The van der Waals surface area contributed by atoms with Gasteiger partial charge in [-0.15, -0.1) is 0 Å². The largest absolute Gasteiger partial charge is 0.619 e. The molecular weight excluding hydrogens is 212 g/mol. The second-order valence-electron chi connectivity index (χ2n) is 3.04. The van der Waals surface area contributed by atoms with Crippen molar-refractivity contribution in [1.29, 1.82) is 0 Å². The average molecular weight is 218 g/mol. The van der Waals surface area contributed by atoms with Crippen molar-refractivity contribution in [2.45, 2.75) is 9.92 Å². The Morgan fingerprint density at radius 2 is 2.27 bits per heavy atom. The fourth-order valence-electron chi connectivity index (χ4n) is 1.36. The fourth-order valence-corrected chi connectivity index (χ4v) is 2.22. The molecule has 0 amide bonds. The second kappa shape index (κ2) is 3.13. The Kier molecular flexibility index (Phi) is 1.78. The number of ether oxygens (including phenoxy) is 1. The molecule has 0 saturated carbocycles. The molecule has 3 heterocycles. The molecule has 1 aliphatic heterocycles. The molecule has 0 aromatic carbocycles. The van der Waals surface area contributed by atoms with Gasteiger partial charge in [-0.25, -0.2) is 4.98 Å². The van der Waals surface area contributed by atoms with Crippen molar-refractivity contribution in [3.05, 3.63) is 42.0 Å². The van der Waals surface area contributed by atoms with Crippen LogP contribution in [-0.2, 0) is 0 Å². The molecule has 0 fully saturated rings. The van der Waals surface area contributed by atoms with Gasteiger partial charge in [0.15, 0.2) is 11.9 Å². The maximum Gasteiger partial charge on any atom is 0.224 e. The van der Waals surface area contributed by atoms with E-state index in [1.165, 1.54) is 24.2 Å². The Balaban J connectivity index is 2.11. The summed E-state index contributed by atoms with van der Waals surface area (Å²) < 4.78 is 6.28. The van der Waals surface area contributed by atoms with E-state index in [9.17, 15) is 5.21 Å². The first-order valence-electron chi connectivity index (χ1n) is 4.36. The van der Waals surface area contributed by atoms with Gasteiger partial charge >= 0.3 is 0 Å². The first-order valence-corrected chi connectivity index (χ1v) is 5.18. The molecule has 0 atom stereocenters. The standard InChI is InChI=1S/C10H6N2O2S/c13-12-5-3-9-8(6-12)14-7-2-1-4-11-10(7)15-9/h1-6H. The van der Waals surface area contributed by atoms with Gasteiger partial charge in [0.25, 0.3) is 0 Å². The molecule has 15 heavy (non-hydrogen) atoms. The van der Waals surface area contributed by atoms with Crippen LogP contribution < -0.4 is 9.47 Å². The van der Waals surface area contributed by atoms with Crippen molar-refractivity contribution in [1.82, 2.24) is 4.98 Å². The summed E-state index contributed by atoms with van der Waals surface area (Å²) in [5.74, 6) is 1.28. The summed E-state index contributed by atoms with van der Waals surface area (Å²) in [5, 5.41) is 11.9.